The highest BCUT2D eigenvalue weighted by Gasteiger charge is 2.57. The number of hydrogen-bond donors (Lipinski definition) is 0. The van der Waals surface area contributed by atoms with Crippen molar-refractivity contribution in [2.45, 2.75) is 25.7 Å². The average Bonchev–Trinajstić information content (AvgIpc) is 2.72. The lowest BCUT2D eigenvalue weighted by atomic mass is 9.59. The fourth-order valence-corrected chi connectivity index (χ4v) is 4.04. The molecule has 4 unspecified atom stereocenters. The zero-order valence-electron chi connectivity index (χ0n) is 10.8. The molecule has 3 aliphatic carbocycles. The van der Waals surface area contributed by atoms with Crippen molar-refractivity contribution < 1.29 is 14.3 Å². The summed E-state index contributed by atoms with van der Waals surface area (Å²) in [4.78, 5) is 23.9. The van der Waals surface area contributed by atoms with Crippen LogP contribution >= 0.6 is 0 Å². The van der Waals surface area contributed by atoms with E-state index in [0.29, 0.717) is 0 Å². The van der Waals surface area contributed by atoms with E-state index in [1.54, 1.807) is 0 Å². The molecule has 1 heterocycles. The third-order valence-corrected chi connectivity index (χ3v) is 4.82. The second-order valence-corrected chi connectivity index (χ2v) is 5.75. The lowest BCUT2D eigenvalue weighted by Gasteiger charge is -2.41. The highest BCUT2D eigenvalue weighted by molar-refractivity contribution is 5.99. The number of carbonyl (C=O) groups excluding carboxylic acids is 2. The number of cyclic esters (lactones) is 2. The highest BCUT2D eigenvalue weighted by Crippen LogP contribution is 2.56. The van der Waals surface area contributed by atoms with Gasteiger partial charge in [0.2, 0.25) is 0 Å². The summed E-state index contributed by atoms with van der Waals surface area (Å²) in [6.45, 7) is 4.15. The van der Waals surface area contributed by atoms with Crippen LogP contribution in [0.2, 0.25) is 0 Å². The quantitative estimate of drug-likeness (QED) is 0.405. The molecular formula is C16H14O3. The van der Waals surface area contributed by atoms with Gasteiger partial charge in [-0.15, -0.1) is 0 Å². The smallest absolute Gasteiger partial charge is 0.318 e. The van der Waals surface area contributed by atoms with Gasteiger partial charge in [-0.2, -0.15) is 0 Å². The minimum absolute atomic E-state index is 0.00356. The predicted octanol–water partition coefficient (Wildman–Crippen LogP) is 2.37. The largest absolute Gasteiger partial charge is 0.393 e. The van der Waals surface area contributed by atoms with Crippen LogP contribution in [0.4, 0.5) is 0 Å². The van der Waals surface area contributed by atoms with Crippen LogP contribution in [0, 0.1) is 25.7 Å². The van der Waals surface area contributed by atoms with Gasteiger partial charge in [0.25, 0.3) is 0 Å². The Kier molecular flexibility index (Phi) is 1.93. The minimum Gasteiger partial charge on any atom is -0.393 e. The molecule has 0 spiro atoms. The summed E-state index contributed by atoms with van der Waals surface area (Å²) in [6, 6.07) is 4.19. The Morgan fingerprint density at radius 2 is 1.26 bits per heavy atom. The summed E-state index contributed by atoms with van der Waals surface area (Å²) < 4.78 is 4.88. The van der Waals surface area contributed by atoms with Gasteiger partial charge in [-0.25, -0.2) is 0 Å². The maximum atomic E-state index is 11.9. The number of esters is 2. The Morgan fingerprint density at radius 1 is 0.842 bits per heavy atom. The first kappa shape index (κ1) is 11.0. The van der Waals surface area contributed by atoms with Crippen LogP contribution in [0.5, 0.6) is 0 Å². The van der Waals surface area contributed by atoms with E-state index in [9.17, 15) is 9.59 Å². The molecule has 3 nitrogen and oxygen atoms in total. The lowest BCUT2D eigenvalue weighted by Crippen LogP contribution is -2.38. The molecule has 1 fully saturated rings. The Morgan fingerprint density at radius 3 is 1.68 bits per heavy atom. The Balaban J connectivity index is 2.02. The van der Waals surface area contributed by atoms with E-state index in [2.05, 4.69) is 38.1 Å². The van der Waals surface area contributed by atoms with Crippen LogP contribution in [0.3, 0.4) is 0 Å². The normalized spacial score (nSPS) is 34.2. The number of benzene rings is 1. The van der Waals surface area contributed by atoms with Gasteiger partial charge in [0.05, 0.1) is 11.8 Å². The van der Waals surface area contributed by atoms with Gasteiger partial charge in [-0.3, -0.25) is 9.59 Å². The summed E-state index contributed by atoms with van der Waals surface area (Å²) in [6.07, 6.45) is 4.17. The number of rotatable bonds is 0. The third-order valence-electron chi connectivity index (χ3n) is 4.82. The standard InChI is InChI=1S/C16H14O3/c1-7-3-4-8(2)12-10-6-5-9(11(7)12)13-14(10)16(18)19-15(13)17/h3-6,9-10,13-14H,1-2H3. The molecule has 1 aromatic carbocycles. The zero-order valence-corrected chi connectivity index (χ0v) is 10.8. The van der Waals surface area contributed by atoms with E-state index < -0.39 is 0 Å². The molecule has 4 atom stereocenters. The van der Waals surface area contributed by atoms with E-state index >= 15 is 0 Å². The highest BCUT2D eigenvalue weighted by atomic mass is 16.6. The van der Waals surface area contributed by atoms with Crippen molar-refractivity contribution in [3.05, 3.63) is 46.5 Å². The Hall–Kier alpha value is -1.90. The summed E-state index contributed by atoms with van der Waals surface area (Å²) in [5, 5.41) is 0. The van der Waals surface area contributed by atoms with E-state index in [-0.39, 0.29) is 35.6 Å². The molecule has 4 aliphatic rings. The molecule has 0 N–H and O–H groups in total. The van der Waals surface area contributed by atoms with Gasteiger partial charge in [0.1, 0.15) is 0 Å². The van der Waals surface area contributed by atoms with Crippen LogP contribution in [0.25, 0.3) is 0 Å². The van der Waals surface area contributed by atoms with Gasteiger partial charge in [-0.05, 0) is 36.1 Å². The second-order valence-electron chi connectivity index (χ2n) is 5.75. The SMILES string of the molecule is Cc1ccc(C)c2c1C1C=CC2C2C(=O)OC(=O)C12. The monoisotopic (exact) mass is 254 g/mol. The lowest BCUT2D eigenvalue weighted by molar-refractivity contribution is -0.153. The van der Waals surface area contributed by atoms with Gasteiger partial charge >= 0.3 is 11.9 Å². The summed E-state index contributed by atoms with van der Waals surface area (Å²) in [5.41, 5.74) is 4.87. The van der Waals surface area contributed by atoms with Crippen molar-refractivity contribution in [1.29, 1.82) is 0 Å². The van der Waals surface area contributed by atoms with E-state index in [0.717, 1.165) is 0 Å². The first-order valence-corrected chi connectivity index (χ1v) is 6.63. The fourth-order valence-electron chi connectivity index (χ4n) is 4.04. The minimum atomic E-state index is -0.346. The predicted molar refractivity (Wildman–Crippen MR) is 68.6 cm³/mol. The number of carbonyl (C=O) groups is 2. The molecular weight excluding hydrogens is 240 g/mol. The maximum absolute atomic E-state index is 11.9. The fraction of sp³-hybridized carbons (Fsp3) is 0.375. The number of aryl methyl sites for hydroxylation is 2. The van der Waals surface area contributed by atoms with Crippen LogP contribution in [-0.4, -0.2) is 11.9 Å². The first-order valence-electron chi connectivity index (χ1n) is 6.63. The van der Waals surface area contributed by atoms with Gasteiger partial charge in [0.15, 0.2) is 0 Å². The Bertz CT molecular complexity index is 601. The molecule has 0 aromatic heterocycles. The summed E-state index contributed by atoms with van der Waals surface area (Å²) in [7, 11) is 0. The molecule has 3 heteroatoms. The van der Waals surface area contributed by atoms with Crippen molar-refractivity contribution >= 4 is 11.9 Å². The molecule has 5 rings (SSSR count). The van der Waals surface area contributed by atoms with Crippen LogP contribution in [0.1, 0.15) is 34.1 Å². The molecule has 0 radical (unpaired) electrons. The zero-order chi connectivity index (χ0) is 13.3. The van der Waals surface area contributed by atoms with Crippen molar-refractivity contribution in [2.24, 2.45) is 11.8 Å². The van der Waals surface area contributed by atoms with Crippen LogP contribution in [0.15, 0.2) is 24.3 Å². The molecule has 0 amide bonds. The van der Waals surface area contributed by atoms with Crippen molar-refractivity contribution in [3.63, 3.8) is 0 Å². The maximum Gasteiger partial charge on any atom is 0.318 e. The summed E-state index contributed by atoms with van der Waals surface area (Å²) >= 11 is 0. The third kappa shape index (κ3) is 1.18. The van der Waals surface area contributed by atoms with Crippen molar-refractivity contribution in [3.8, 4) is 0 Å². The van der Waals surface area contributed by atoms with Gasteiger partial charge in [-0.1, -0.05) is 24.3 Å². The molecule has 1 aliphatic heterocycles. The number of ether oxygens (including phenoxy) is 1. The number of allylic oxidation sites excluding steroid dienone is 2. The van der Waals surface area contributed by atoms with Crippen LogP contribution in [-0.2, 0) is 14.3 Å². The second kappa shape index (κ2) is 3.35. The topological polar surface area (TPSA) is 43.4 Å². The van der Waals surface area contributed by atoms with Crippen LogP contribution < -0.4 is 0 Å². The number of hydrogen-bond acceptors (Lipinski definition) is 3. The first-order chi connectivity index (χ1) is 9.09. The average molecular weight is 254 g/mol. The van der Waals surface area contributed by atoms with Gasteiger partial charge in [0, 0.05) is 11.8 Å². The molecule has 0 saturated carbocycles. The molecule has 19 heavy (non-hydrogen) atoms. The van der Waals surface area contributed by atoms with E-state index in [4.69, 9.17) is 4.74 Å². The van der Waals surface area contributed by atoms with Crippen molar-refractivity contribution in [1.82, 2.24) is 0 Å². The van der Waals surface area contributed by atoms with Gasteiger partial charge < -0.3 is 4.74 Å². The molecule has 1 saturated heterocycles. The van der Waals surface area contributed by atoms with E-state index in [1.165, 1.54) is 22.3 Å². The van der Waals surface area contributed by atoms with E-state index in [1.807, 2.05) is 0 Å². The molecule has 1 aromatic rings. The molecule has 96 valence electrons. The summed E-state index contributed by atoms with van der Waals surface area (Å²) in [5.74, 6) is -1.31. The van der Waals surface area contributed by atoms with Crippen molar-refractivity contribution in [2.75, 3.05) is 0 Å². The molecule has 2 bridgehead atoms. The Labute approximate surface area is 111 Å².